The van der Waals surface area contributed by atoms with Crippen LogP contribution in [-0.4, -0.2) is 6.10 Å². The van der Waals surface area contributed by atoms with Crippen LogP contribution in [0.1, 0.15) is 13.8 Å². The van der Waals surface area contributed by atoms with E-state index in [0.29, 0.717) is 17.1 Å². The van der Waals surface area contributed by atoms with Crippen molar-refractivity contribution in [1.82, 2.24) is 0 Å². The molecular formula is C15H16F2N2O. The molecule has 0 saturated heterocycles. The highest BCUT2D eigenvalue weighted by molar-refractivity contribution is 5.67. The van der Waals surface area contributed by atoms with Gasteiger partial charge in [-0.1, -0.05) is 6.07 Å². The molecule has 20 heavy (non-hydrogen) atoms. The van der Waals surface area contributed by atoms with Crippen LogP contribution < -0.4 is 15.8 Å². The van der Waals surface area contributed by atoms with Crippen LogP contribution in [0.4, 0.5) is 25.8 Å². The third kappa shape index (κ3) is 3.17. The van der Waals surface area contributed by atoms with Crippen molar-refractivity contribution in [3.63, 3.8) is 0 Å². The number of rotatable bonds is 4. The van der Waals surface area contributed by atoms with E-state index in [0.717, 1.165) is 6.07 Å². The van der Waals surface area contributed by atoms with Crippen molar-refractivity contribution in [3.8, 4) is 5.75 Å². The first kappa shape index (κ1) is 14.1. The molecule has 0 radical (unpaired) electrons. The Labute approximate surface area is 116 Å². The van der Waals surface area contributed by atoms with Crippen LogP contribution in [0.5, 0.6) is 5.75 Å². The minimum atomic E-state index is -0.921. The maximum Gasteiger partial charge on any atom is 0.182 e. The second-order valence-corrected chi connectivity index (χ2v) is 4.65. The quantitative estimate of drug-likeness (QED) is 0.828. The maximum absolute atomic E-state index is 13.6. The van der Waals surface area contributed by atoms with Crippen molar-refractivity contribution < 1.29 is 13.5 Å². The molecule has 0 fully saturated rings. The van der Waals surface area contributed by atoms with Crippen LogP contribution >= 0.6 is 0 Å². The Morgan fingerprint density at radius 1 is 1.15 bits per heavy atom. The number of nitrogen functional groups attached to an aromatic ring is 1. The van der Waals surface area contributed by atoms with Crippen molar-refractivity contribution in [2.45, 2.75) is 20.0 Å². The van der Waals surface area contributed by atoms with Crippen molar-refractivity contribution in [2.24, 2.45) is 0 Å². The van der Waals surface area contributed by atoms with Gasteiger partial charge in [0.2, 0.25) is 0 Å². The van der Waals surface area contributed by atoms with Gasteiger partial charge in [0.05, 0.1) is 17.5 Å². The molecule has 3 N–H and O–H groups in total. The zero-order chi connectivity index (χ0) is 14.7. The molecule has 0 amide bonds. The first-order valence-electron chi connectivity index (χ1n) is 6.24. The molecular weight excluding hydrogens is 262 g/mol. The minimum absolute atomic E-state index is 0.0292. The van der Waals surface area contributed by atoms with E-state index < -0.39 is 11.6 Å². The Bertz CT molecular complexity index is 615. The van der Waals surface area contributed by atoms with Gasteiger partial charge in [0.15, 0.2) is 11.6 Å². The molecule has 0 aliphatic carbocycles. The number of ether oxygens (including phenoxy) is 1. The average molecular weight is 278 g/mol. The van der Waals surface area contributed by atoms with E-state index in [-0.39, 0.29) is 11.8 Å². The molecule has 0 aliphatic rings. The summed E-state index contributed by atoms with van der Waals surface area (Å²) in [6, 6.07) is 8.93. The Morgan fingerprint density at radius 2 is 1.90 bits per heavy atom. The molecule has 3 nitrogen and oxygen atoms in total. The zero-order valence-corrected chi connectivity index (χ0v) is 11.3. The summed E-state index contributed by atoms with van der Waals surface area (Å²) < 4.78 is 32.3. The summed E-state index contributed by atoms with van der Waals surface area (Å²) in [6.45, 7) is 3.76. The van der Waals surface area contributed by atoms with Gasteiger partial charge in [-0.05, 0) is 38.1 Å². The van der Waals surface area contributed by atoms with Gasteiger partial charge in [-0.25, -0.2) is 8.78 Å². The number of nitrogens with one attached hydrogen (secondary N) is 1. The lowest BCUT2D eigenvalue weighted by molar-refractivity contribution is 0.244. The van der Waals surface area contributed by atoms with Crippen LogP contribution in [0.15, 0.2) is 36.4 Å². The smallest absolute Gasteiger partial charge is 0.182 e. The SMILES string of the molecule is CC(C)Oc1cc(Nc2cccc(F)c2F)ccc1N. The molecule has 0 aliphatic heterocycles. The lowest BCUT2D eigenvalue weighted by Crippen LogP contribution is -2.07. The molecule has 2 aromatic carbocycles. The maximum atomic E-state index is 13.6. The molecule has 0 aromatic heterocycles. The molecule has 2 rings (SSSR count). The average Bonchev–Trinajstić information content (AvgIpc) is 2.38. The van der Waals surface area contributed by atoms with Crippen LogP contribution in [0.3, 0.4) is 0 Å². The van der Waals surface area contributed by atoms with Gasteiger partial charge in [0, 0.05) is 11.8 Å². The van der Waals surface area contributed by atoms with E-state index in [1.165, 1.54) is 12.1 Å². The van der Waals surface area contributed by atoms with Crippen LogP contribution in [0.2, 0.25) is 0 Å². The lowest BCUT2D eigenvalue weighted by atomic mass is 10.2. The molecule has 0 heterocycles. The van der Waals surface area contributed by atoms with Gasteiger partial charge in [-0.15, -0.1) is 0 Å². The van der Waals surface area contributed by atoms with Crippen molar-refractivity contribution in [3.05, 3.63) is 48.0 Å². The van der Waals surface area contributed by atoms with Gasteiger partial charge in [-0.3, -0.25) is 0 Å². The summed E-state index contributed by atoms with van der Waals surface area (Å²) in [5, 5.41) is 2.80. The van der Waals surface area contributed by atoms with Gasteiger partial charge < -0.3 is 15.8 Å². The molecule has 5 heteroatoms. The first-order chi connectivity index (χ1) is 9.47. The first-order valence-corrected chi connectivity index (χ1v) is 6.24. The molecule has 0 unspecified atom stereocenters. The van der Waals surface area contributed by atoms with E-state index >= 15 is 0 Å². The number of hydrogen-bond donors (Lipinski definition) is 2. The molecule has 2 aromatic rings. The fraction of sp³-hybridized carbons (Fsp3) is 0.200. The molecule has 106 valence electrons. The second kappa shape index (κ2) is 5.77. The number of benzene rings is 2. The van der Waals surface area contributed by atoms with Crippen LogP contribution in [0, 0.1) is 11.6 Å². The van der Waals surface area contributed by atoms with E-state index in [9.17, 15) is 8.78 Å². The highest BCUT2D eigenvalue weighted by Crippen LogP contribution is 2.29. The lowest BCUT2D eigenvalue weighted by Gasteiger charge is -2.14. The zero-order valence-electron chi connectivity index (χ0n) is 11.3. The van der Waals surface area contributed by atoms with Crippen molar-refractivity contribution in [2.75, 3.05) is 11.1 Å². The summed E-state index contributed by atoms with van der Waals surface area (Å²) in [6.07, 6.45) is -0.0292. The van der Waals surface area contributed by atoms with Gasteiger partial charge >= 0.3 is 0 Å². The Kier molecular flexibility index (Phi) is 4.08. The van der Waals surface area contributed by atoms with Crippen LogP contribution in [-0.2, 0) is 0 Å². The Hall–Kier alpha value is -2.30. The van der Waals surface area contributed by atoms with Gasteiger partial charge in [0.25, 0.3) is 0 Å². The third-order valence-electron chi connectivity index (χ3n) is 2.61. The summed E-state index contributed by atoms with van der Waals surface area (Å²) in [5.74, 6) is -1.32. The van der Waals surface area contributed by atoms with Gasteiger partial charge in [0.1, 0.15) is 5.75 Å². The number of anilines is 3. The van der Waals surface area contributed by atoms with Crippen molar-refractivity contribution in [1.29, 1.82) is 0 Å². The summed E-state index contributed by atoms with van der Waals surface area (Å²) in [4.78, 5) is 0. The molecule has 0 atom stereocenters. The van der Waals surface area contributed by atoms with E-state index in [1.54, 1.807) is 18.2 Å². The summed E-state index contributed by atoms with van der Waals surface area (Å²) in [7, 11) is 0. The molecule has 0 bridgehead atoms. The Balaban J connectivity index is 2.27. The van der Waals surface area contributed by atoms with E-state index in [2.05, 4.69) is 5.32 Å². The predicted molar refractivity (Wildman–Crippen MR) is 76.3 cm³/mol. The number of nitrogens with two attached hydrogens (primary N) is 1. The highest BCUT2D eigenvalue weighted by atomic mass is 19.2. The number of hydrogen-bond acceptors (Lipinski definition) is 3. The fourth-order valence-corrected chi connectivity index (χ4v) is 1.72. The summed E-state index contributed by atoms with van der Waals surface area (Å²) in [5.41, 5.74) is 6.92. The largest absolute Gasteiger partial charge is 0.489 e. The Morgan fingerprint density at radius 3 is 2.60 bits per heavy atom. The van der Waals surface area contributed by atoms with Gasteiger partial charge in [-0.2, -0.15) is 0 Å². The third-order valence-corrected chi connectivity index (χ3v) is 2.61. The highest BCUT2D eigenvalue weighted by Gasteiger charge is 2.09. The monoisotopic (exact) mass is 278 g/mol. The second-order valence-electron chi connectivity index (χ2n) is 4.65. The summed E-state index contributed by atoms with van der Waals surface area (Å²) >= 11 is 0. The van der Waals surface area contributed by atoms with Crippen molar-refractivity contribution >= 4 is 17.1 Å². The normalized spacial score (nSPS) is 10.7. The number of halogens is 2. The molecule has 0 spiro atoms. The minimum Gasteiger partial charge on any atom is -0.489 e. The van der Waals surface area contributed by atoms with E-state index in [4.69, 9.17) is 10.5 Å². The van der Waals surface area contributed by atoms with E-state index in [1.807, 2.05) is 13.8 Å². The molecule has 0 saturated carbocycles. The fourth-order valence-electron chi connectivity index (χ4n) is 1.72. The standard InChI is InChI=1S/C15H16F2N2O/c1-9(2)20-14-8-10(6-7-12(14)18)19-13-5-3-4-11(16)15(13)17/h3-9,19H,18H2,1-2H3. The predicted octanol–water partition coefficient (Wildman–Crippen LogP) is 4.08. The topological polar surface area (TPSA) is 47.3 Å². The van der Waals surface area contributed by atoms with Crippen LogP contribution in [0.25, 0.3) is 0 Å².